The highest BCUT2D eigenvalue weighted by molar-refractivity contribution is 5.98. The van der Waals surface area contributed by atoms with Crippen LogP contribution in [0.2, 0.25) is 0 Å². The average Bonchev–Trinajstić information content (AvgIpc) is 3.78. The summed E-state index contributed by atoms with van der Waals surface area (Å²) in [4.78, 5) is 52.8. The van der Waals surface area contributed by atoms with Crippen molar-refractivity contribution in [3.63, 3.8) is 0 Å². The van der Waals surface area contributed by atoms with Gasteiger partial charge in [-0.3, -0.25) is 14.4 Å². The predicted octanol–water partition coefficient (Wildman–Crippen LogP) is 4.21. The minimum Gasteiger partial charge on any atom is -0.497 e. The Bertz CT molecular complexity index is 1390. The Morgan fingerprint density at radius 3 is 2.00 bits per heavy atom. The first kappa shape index (κ1) is 31.4. The molecule has 0 aromatic heterocycles. The first-order chi connectivity index (χ1) is 20.7. The Balaban J connectivity index is 1.45. The molecule has 2 amide bonds. The maximum Gasteiger partial charge on any atom is 0.408 e. The van der Waals surface area contributed by atoms with Gasteiger partial charge in [-0.1, -0.05) is 72.8 Å². The lowest BCUT2D eigenvalue weighted by Gasteiger charge is -2.24. The molecule has 1 saturated heterocycles. The standard InChI is InChI=1S/C34H38N2O7/c1-23(35-33(40)42-21-26-12-8-5-9-13-26)30(37)20-27(18-25-14-16-28(41-3)17-15-25)32(39)36-29(31(38)34(2)22-43-34)19-24-10-6-4-7-11-24/h4-17,23,27,29H,18-22H2,1-3H3,(H,35,40)(H,36,39)/t23?,27-,29+,34-/m1/s1. The normalized spacial score (nSPS) is 17.6. The third-order valence-corrected chi connectivity index (χ3v) is 7.50. The summed E-state index contributed by atoms with van der Waals surface area (Å²) in [6.45, 7) is 3.63. The number of rotatable bonds is 15. The summed E-state index contributed by atoms with van der Waals surface area (Å²) in [7, 11) is 1.57. The first-order valence-electron chi connectivity index (χ1n) is 14.3. The molecule has 9 nitrogen and oxygen atoms in total. The number of amides is 2. The van der Waals surface area contributed by atoms with E-state index in [-0.39, 0.29) is 31.0 Å². The van der Waals surface area contributed by atoms with Gasteiger partial charge in [-0.05, 0) is 55.5 Å². The summed E-state index contributed by atoms with van der Waals surface area (Å²) < 4.78 is 15.9. The topological polar surface area (TPSA) is 123 Å². The van der Waals surface area contributed by atoms with Crippen LogP contribution in [0.15, 0.2) is 84.9 Å². The van der Waals surface area contributed by atoms with Crippen LogP contribution in [-0.4, -0.2) is 55.0 Å². The summed E-state index contributed by atoms with van der Waals surface area (Å²) in [5.41, 5.74) is 1.59. The van der Waals surface area contributed by atoms with E-state index in [0.29, 0.717) is 18.8 Å². The SMILES string of the molecule is COc1ccc(C[C@H](CC(=O)C(C)NC(=O)OCc2ccccc2)C(=O)N[C@@H](Cc2ccccc2)C(=O)[C@@]2(C)CO2)cc1. The van der Waals surface area contributed by atoms with Gasteiger partial charge >= 0.3 is 6.09 Å². The molecule has 0 saturated carbocycles. The van der Waals surface area contributed by atoms with Crippen LogP contribution >= 0.6 is 0 Å². The lowest BCUT2D eigenvalue weighted by atomic mass is 9.90. The zero-order valence-electron chi connectivity index (χ0n) is 24.7. The maximum absolute atomic E-state index is 13.8. The van der Waals surface area contributed by atoms with E-state index in [1.54, 1.807) is 33.1 Å². The fraction of sp³-hybridized carbons (Fsp3) is 0.353. The summed E-state index contributed by atoms with van der Waals surface area (Å²) in [5, 5.41) is 5.48. The highest BCUT2D eigenvalue weighted by Gasteiger charge is 2.50. The molecule has 1 unspecified atom stereocenters. The van der Waals surface area contributed by atoms with Gasteiger partial charge in [0.1, 0.15) is 18.0 Å². The van der Waals surface area contributed by atoms with Crippen molar-refractivity contribution in [3.8, 4) is 5.75 Å². The molecule has 4 rings (SSSR count). The Morgan fingerprint density at radius 1 is 0.837 bits per heavy atom. The number of hydrogen-bond acceptors (Lipinski definition) is 7. The minimum atomic E-state index is -0.938. The zero-order chi connectivity index (χ0) is 30.8. The molecule has 9 heteroatoms. The summed E-state index contributed by atoms with van der Waals surface area (Å²) in [6, 6.07) is 24.1. The van der Waals surface area contributed by atoms with Crippen LogP contribution in [0.5, 0.6) is 5.75 Å². The lowest BCUT2D eigenvalue weighted by molar-refractivity contribution is -0.134. The van der Waals surface area contributed by atoms with Crippen LogP contribution in [-0.2, 0) is 43.3 Å². The van der Waals surface area contributed by atoms with Crippen molar-refractivity contribution >= 4 is 23.6 Å². The average molecular weight is 587 g/mol. The summed E-state index contributed by atoms with van der Waals surface area (Å²) in [5.74, 6) is -1.12. The number of ketones is 2. The minimum absolute atomic E-state index is 0.0650. The number of benzene rings is 3. The number of alkyl carbamates (subject to hydrolysis) is 1. The van der Waals surface area contributed by atoms with Crippen molar-refractivity contribution in [1.82, 2.24) is 10.6 Å². The molecule has 4 atom stereocenters. The van der Waals surface area contributed by atoms with E-state index in [9.17, 15) is 19.2 Å². The van der Waals surface area contributed by atoms with Gasteiger partial charge in [0.25, 0.3) is 0 Å². The van der Waals surface area contributed by atoms with Crippen molar-refractivity contribution in [1.29, 1.82) is 0 Å². The Kier molecular flexibility index (Phi) is 10.7. The van der Waals surface area contributed by atoms with Crippen molar-refractivity contribution in [2.75, 3.05) is 13.7 Å². The number of ether oxygens (including phenoxy) is 3. The molecule has 3 aromatic carbocycles. The molecule has 2 N–H and O–H groups in total. The van der Waals surface area contributed by atoms with Crippen LogP contribution in [0.1, 0.15) is 37.0 Å². The molecule has 43 heavy (non-hydrogen) atoms. The van der Waals surface area contributed by atoms with Crippen molar-refractivity contribution in [2.24, 2.45) is 5.92 Å². The van der Waals surface area contributed by atoms with E-state index in [4.69, 9.17) is 14.2 Å². The molecular weight excluding hydrogens is 548 g/mol. The monoisotopic (exact) mass is 586 g/mol. The predicted molar refractivity (Wildman–Crippen MR) is 160 cm³/mol. The van der Waals surface area contributed by atoms with Gasteiger partial charge in [-0.25, -0.2) is 4.79 Å². The third-order valence-electron chi connectivity index (χ3n) is 7.50. The molecule has 1 aliphatic rings. The smallest absolute Gasteiger partial charge is 0.408 e. The van der Waals surface area contributed by atoms with Crippen LogP contribution in [0, 0.1) is 5.92 Å². The molecule has 0 spiro atoms. The van der Waals surface area contributed by atoms with Crippen molar-refractivity contribution < 1.29 is 33.4 Å². The van der Waals surface area contributed by atoms with Gasteiger partial charge in [0.05, 0.1) is 25.8 Å². The molecule has 0 bridgehead atoms. The molecule has 0 radical (unpaired) electrons. The van der Waals surface area contributed by atoms with Crippen molar-refractivity contribution in [3.05, 3.63) is 102 Å². The van der Waals surface area contributed by atoms with Crippen LogP contribution < -0.4 is 15.4 Å². The van der Waals surface area contributed by atoms with Gasteiger partial charge in [-0.2, -0.15) is 0 Å². The lowest BCUT2D eigenvalue weighted by Crippen LogP contribution is -2.50. The van der Waals surface area contributed by atoms with Gasteiger partial charge in [0, 0.05) is 12.3 Å². The van der Waals surface area contributed by atoms with E-state index in [2.05, 4.69) is 10.6 Å². The quantitative estimate of drug-likeness (QED) is 0.256. The summed E-state index contributed by atoms with van der Waals surface area (Å²) in [6.07, 6.45) is -0.351. The number of nitrogens with one attached hydrogen (secondary N) is 2. The van der Waals surface area contributed by atoms with Gasteiger partial charge in [0.2, 0.25) is 5.91 Å². The highest BCUT2D eigenvalue weighted by atomic mass is 16.6. The van der Waals surface area contributed by atoms with E-state index in [1.165, 1.54) is 0 Å². The van der Waals surface area contributed by atoms with Crippen LogP contribution in [0.4, 0.5) is 4.79 Å². The van der Waals surface area contributed by atoms with E-state index < -0.39 is 35.6 Å². The van der Waals surface area contributed by atoms with Gasteiger partial charge in [-0.15, -0.1) is 0 Å². The fourth-order valence-electron chi connectivity index (χ4n) is 4.71. The molecule has 1 aliphatic heterocycles. The largest absolute Gasteiger partial charge is 0.497 e. The second-order valence-corrected chi connectivity index (χ2v) is 11.0. The highest BCUT2D eigenvalue weighted by Crippen LogP contribution is 2.29. The zero-order valence-corrected chi connectivity index (χ0v) is 24.7. The number of methoxy groups -OCH3 is 1. The second-order valence-electron chi connectivity index (χ2n) is 11.0. The molecule has 1 fully saturated rings. The molecule has 1 heterocycles. The Morgan fingerprint density at radius 2 is 1.42 bits per heavy atom. The molecular formula is C34H38N2O7. The van der Waals surface area contributed by atoms with Crippen LogP contribution in [0.3, 0.4) is 0 Å². The third kappa shape index (κ3) is 9.24. The first-order valence-corrected chi connectivity index (χ1v) is 14.3. The number of hydrogen-bond donors (Lipinski definition) is 2. The molecule has 3 aromatic rings. The molecule has 0 aliphatic carbocycles. The van der Waals surface area contributed by atoms with E-state index in [1.807, 2.05) is 72.8 Å². The Hall–Kier alpha value is -4.50. The fourth-order valence-corrected chi connectivity index (χ4v) is 4.71. The second kappa shape index (κ2) is 14.6. The number of Topliss-reactive ketones (excluding diaryl/α,β-unsaturated/α-hetero) is 2. The molecule has 226 valence electrons. The van der Waals surface area contributed by atoms with Gasteiger partial charge < -0.3 is 24.8 Å². The van der Waals surface area contributed by atoms with Gasteiger partial charge in [0.15, 0.2) is 11.6 Å². The number of epoxide rings is 1. The van der Waals surface area contributed by atoms with E-state index >= 15 is 0 Å². The maximum atomic E-state index is 13.8. The number of carbonyl (C=O) groups is 4. The van der Waals surface area contributed by atoms with Crippen LogP contribution in [0.25, 0.3) is 0 Å². The Labute approximate surface area is 251 Å². The van der Waals surface area contributed by atoms with E-state index in [0.717, 1.165) is 16.7 Å². The summed E-state index contributed by atoms with van der Waals surface area (Å²) >= 11 is 0. The number of carbonyl (C=O) groups excluding carboxylic acids is 4. The van der Waals surface area contributed by atoms with Crippen molar-refractivity contribution in [2.45, 2.75) is 57.4 Å².